The molecule has 1 N–H and O–H groups in total. The Morgan fingerprint density at radius 3 is 2.34 bits per heavy atom. The molecule has 0 radical (unpaired) electrons. The first-order chi connectivity index (χ1) is 28.8. The average Bonchev–Trinajstić information content (AvgIpc) is 3.67. The first-order valence-electron chi connectivity index (χ1n) is 20.9. The number of fused-ring (bicyclic) bond motifs is 3. The van der Waals surface area contributed by atoms with Crippen LogP contribution in [0, 0.1) is 0 Å². The highest BCUT2D eigenvalue weighted by molar-refractivity contribution is 6.08. The largest absolute Gasteiger partial charge is 0.508 e. The average molecular weight is 794 g/mol. The molecule has 4 aliphatic heterocycles. The van der Waals surface area contributed by atoms with Gasteiger partial charge in [-0.25, -0.2) is 4.79 Å². The zero-order valence-electron chi connectivity index (χ0n) is 33.6. The maximum Gasteiger partial charge on any atom is 0.410 e. The first-order valence-corrected chi connectivity index (χ1v) is 20.9. The van der Waals surface area contributed by atoms with Gasteiger partial charge in [0.15, 0.2) is 0 Å². The third-order valence-corrected chi connectivity index (χ3v) is 12.5. The number of aromatic nitrogens is 1. The molecule has 11 heteroatoms. The van der Waals surface area contributed by atoms with E-state index < -0.39 is 0 Å². The maximum absolute atomic E-state index is 15.5. The van der Waals surface area contributed by atoms with Crippen LogP contribution in [-0.4, -0.2) is 94.8 Å². The lowest BCUT2D eigenvalue weighted by Gasteiger charge is -2.41. The van der Waals surface area contributed by atoms with E-state index in [1.165, 1.54) is 5.56 Å². The van der Waals surface area contributed by atoms with Gasteiger partial charge in [0, 0.05) is 87.1 Å². The summed E-state index contributed by atoms with van der Waals surface area (Å²) in [6.45, 7) is 6.00. The van der Waals surface area contributed by atoms with E-state index in [0.29, 0.717) is 56.1 Å². The van der Waals surface area contributed by atoms with Crippen molar-refractivity contribution in [3.05, 3.63) is 142 Å². The Morgan fingerprint density at radius 2 is 1.54 bits per heavy atom. The zero-order chi connectivity index (χ0) is 40.5. The van der Waals surface area contributed by atoms with Crippen LogP contribution in [0.5, 0.6) is 5.75 Å². The highest BCUT2D eigenvalue weighted by Crippen LogP contribution is 2.38. The van der Waals surface area contributed by atoms with E-state index in [1.54, 1.807) is 41.1 Å². The van der Waals surface area contributed by atoms with Gasteiger partial charge in [0.2, 0.25) is 0 Å². The van der Waals surface area contributed by atoms with Crippen LogP contribution in [0.3, 0.4) is 0 Å². The molecule has 4 aromatic carbocycles. The number of carbonyl (C=O) groups is 3. The number of rotatable bonds is 8. The summed E-state index contributed by atoms with van der Waals surface area (Å²) in [6, 6.07) is 30.8. The molecule has 0 saturated carbocycles. The van der Waals surface area contributed by atoms with Crippen LogP contribution >= 0.6 is 0 Å². The number of ether oxygens (including phenoxy) is 2. The second-order valence-electron chi connectivity index (χ2n) is 16.2. The van der Waals surface area contributed by atoms with E-state index in [1.807, 2.05) is 48.5 Å². The van der Waals surface area contributed by atoms with E-state index in [2.05, 4.69) is 38.6 Å². The van der Waals surface area contributed by atoms with Crippen molar-refractivity contribution in [2.75, 3.05) is 51.3 Å². The smallest absolute Gasteiger partial charge is 0.410 e. The number of phenolic OH excluding ortho intramolecular Hbond substituents is 1. The molecule has 1 atom stereocenters. The number of aromatic hydroxyl groups is 1. The van der Waals surface area contributed by atoms with Crippen molar-refractivity contribution >= 4 is 23.6 Å². The molecule has 0 aliphatic carbocycles. The predicted octanol–water partition coefficient (Wildman–Crippen LogP) is 7.07. The lowest BCUT2D eigenvalue weighted by Crippen LogP contribution is -2.52. The van der Waals surface area contributed by atoms with Crippen LogP contribution in [0.15, 0.2) is 97.1 Å². The molecule has 0 spiro atoms. The second-order valence-corrected chi connectivity index (χ2v) is 16.2. The van der Waals surface area contributed by atoms with Gasteiger partial charge in [-0.15, -0.1) is 0 Å². The summed E-state index contributed by atoms with van der Waals surface area (Å²) in [5, 5.41) is 9.92. The van der Waals surface area contributed by atoms with E-state index in [-0.39, 0.29) is 36.3 Å². The molecule has 5 heterocycles. The number of hydrogen-bond donors (Lipinski definition) is 1. The molecule has 9 rings (SSSR count). The van der Waals surface area contributed by atoms with E-state index in [4.69, 9.17) is 9.47 Å². The molecule has 59 heavy (non-hydrogen) atoms. The molecular weight excluding hydrogens is 743 g/mol. The van der Waals surface area contributed by atoms with Gasteiger partial charge in [0.05, 0.1) is 18.8 Å². The standard InChI is InChI=1S/C48H51N5O6/c1-49(38-14-16-40(54)17-15-38)46(55)43-28-45(52-19-8-7-13-44(43)52)41-26-35-18-20-51(48(57)59-32-33-9-3-2-4-10-33)29-37(35)27-42(41)47(56)53-30-36-12-6-5-11-34(36)25-39(53)31-50-21-23-58-24-22-50/h2-6,9-12,14-17,26-28,39,54H,7-8,13,18-25,29-32H2,1H3/t39-/m0/s1. The van der Waals surface area contributed by atoms with Gasteiger partial charge in [-0.2, -0.15) is 0 Å². The van der Waals surface area contributed by atoms with Gasteiger partial charge in [0.1, 0.15) is 12.4 Å². The Balaban J connectivity index is 1.11. The van der Waals surface area contributed by atoms with Gasteiger partial charge in [0.25, 0.3) is 11.8 Å². The molecule has 4 aliphatic rings. The Labute approximate surface area is 345 Å². The Bertz CT molecular complexity index is 2350. The molecule has 0 unspecified atom stereocenters. The van der Waals surface area contributed by atoms with Crippen LogP contribution < -0.4 is 4.90 Å². The number of morpholine rings is 1. The topological polar surface area (TPSA) is 108 Å². The molecule has 5 aromatic rings. The van der Waals surface area contributed by atoms with Gasteiger partial charge in [-0.3, -0.25) is 14.5 Å². The van der Waals surface area contributed by atoms with Gasteiger partial charge < -0.3 is 33.8 Å². The number of phenols is 1. The number of nitrogens with zero attached hydrogens (tertiary/aromatic N) is 5. The van der Waals surface area contributed by atoms with Crippen LogP contribution in [0.25, 0.3) is 11.3 Å². The molecule has 0 bridgehead atoms. The Kier molecular flexibility index (Phi) is 11.0. The molecule has 1 aromatic heterocycles. The minimum atomic E-state index is -0.378. The number of benzene rings is 4. The van der Waals surface area contributed by atoms with Crippen molar-refractivity contribution in [1.82, 2.24) is 19.3 Å². The summed E-state index contributed by atoms with van der Waals surface area (Å²) in [5.41, 5.74) is 9.88. The van der Waals surface area contributed by atoms with Gasteiger partial charge in [-0.1, -0.05) is 54.6 Å². The lowest BCUT2D eigenvalue weighted by molar-refractivity contribution is 0.0193. The molecule has 1 fully saturated rings. The van der Waals surface area contributed by atoms with Crippen molar-refractivity contribution in [3.8, 4) is 17.0 Å². The minimum Gasteiger partial charge on any atom is -0.508 e. The third kappa shape index (κ3) is 7.97. The fraction of sp³-hybridized carbons (Fsp3) is 0.354. The second kappa shape index (κ2) is 16.8. The number of hydrogen-bond acceptors (Lipinski definition) is 7. The minimum absolute atomic E-state index is 0.0545. The zero-order valence-corrected chi connectivity index (χ0v) is 33.6. The Hall–Kier alpha value is -5.91. The van der Waals surface area contributed by atoms with Crippen molar-refractivity contribution in [2.24, 2.45) is 0 Å². The highest BCUT2D eigenvalue weighted by atomic mass is 16.6. The fourth-order valence-corrected chi connectivity index (χ4v) is 9.25. The molecule has 3 amide bonds. The van der Waals surface area contributed by atoms with E-state index in [9.17, 15) is 14.7 Å². The quantitative estimate of drug-likeness (QED) is 0.179. The normalized spacial score (nSPS) is 17.7. The van der Waals surface area contributed by atoms with Crippen LogP contribution in [0.2, 0.25) is 0 Å². The van der Waals surface area contributed by atoms with E-state index in [0.717, 1.165) is 91.1 Å². The number of carbonyl (C=O) groups excluding carboxylic acids is 3. The van der Waals surface area contributed by atoms with Crippen molar-refractivity contribution < 1.29 is 29.0 Å². The van der Waals surface area contributed by atoms with Crippen LogP contribution in [0.4, 0.5) is 10.5 Å². The summed E-state index contributed by atoms with van der Waals surface area (Å²) in [7, 11) is 1.76. The molecule has 11 nitrogen and oxygen atoms in total. The van der Waals surface area contributed by atoms with Crippen molar-refractivity contribution in [3.63, 3.8) is 0 Å². The highest BCUT2D eigenvalue weighted by Gasteiger charge is 2.36. The van der Waals surface area contributed by atoms with E-state index >= 15 is 4.79 Å². The van der Waals surface area contributed by atoms with Crippen LogP contribution in [0.1, 0.15) is 67.1 Å². The summed E-state index contributed by atoms with van der Waals surface area (Å²) in [5.74, 6) is -0.0552. The number of anilines is 1. The molecule has 304 valence electrons. The Morgan fingerprint density at radius 1 is 0.780 bits per heavy atom. The number of amides is 3. The van der Waals surface area contributed by atoms with Crippen LogP contribution in [-0.2, 0) is 55.0 Å². The van der Waals surface area contributed by atoms with Gasteiger partial charge >= 0.3 is 6.09 Å². The summed E-state index contributed by atoms with van der Waals surface area (Å²) >= 11 is 0. The fourth-order valence-electron chi connectivity index (χ4n) is 9.25. The molecular formula is C48H51N5O6. The molecule has 1 saturated heterocycles. The first kappa shape index (κ1) is 38.6. The lowest BCUT2D eigenvalue weighted by atomic mass is 9.89. The SMILES string of the molecule is CN(C(=O)c1cc(-c2cc3c(cc2C(=O)N2Cc4ccccc4C[C@H]2CN2CCOCC2)CN(C(=O)OCc2ccccc2)CC3)n2c1CCCC2)c1ccc(O)cc1. The van der Waals surface area contributed by atoms with Crippen molar-refractivity contribution in [2.45, 2.75) is 64.4 Å². The predicted molar refractivity (Wildman–Crippen MR) is 225 cm³/mol. The van der Waals surface area contributed by atoms with Crippen molar-refractivity contribution in [1.29, 1.82) is 0 Å². The summed E-state index contributed by atoms with van der Waals surface area (Å²) in [6.07, 6.45) is 3.67. The van der Waals surface area contributed by atoms with Gasteiger partial charge in [-0.05, 0) is 102 Å². The maximum atomic E-state index is 15.5. The summed E-state index contributed by atoms with van der Waals surface area (Å²) < 4.78 is 13.7. The third-order valence-electron chi connectivity index (χ3n) is 12.5. The summed E-state index contributed by atoms with van der Waals surface area (Å²) in [4.78, 5) is 51.1. The monoisotopic (exact) mass is 793 g/mol.